The molecule has 0 fully saturated rings. The zero-order valence-electron chi connectivity index (χ0n) is 17.8. The van der Waals surface area contributed by atoms with Crippen molar-refractivity contribution in [3.8, 4) is 11.5 Å². The number of aryl methyl sites for hydroxylation is 1. The van der Waals surface area contributed by atoms with Gasteiger partial charge in [0.25, 0.3) is 0 Å². The van der Waals surface area contributed by atoms with Crippen LogP contribution < -0.4 is 9.47 Å². The molecule has 0 N–H and O–H groups in total. The fourth-order valence-corrected chi connectivity index (χ4v) is 3.49. The molecule has 166 valence electrons. The molecule has 3 aromatic rings. The Morgan fingerprint density at radius 2 is 1.97 bits per heavy atom. The summed E-state index contributed by atoms with van der Waals surface area (Å²) in [6.07, 6.45) is 5.63. The number of ether oxygens (including phenoxy) is 2. The maximum atomic E-state index is 11.3. The molecule has 2 aromatic carbocycles. The van der Waals surface area contributed by atoms with E-state index in [-0.39, 0.29) is 17.1 Å². The highest BCUT2D eigenvalue weighted by Crippen LogP contribution is 2.35. The summed E-state index contributed by atoms with van der Waals surface area (Å²) in [5, 5.41) is 15.0. The van der Waals surface area contributed by atoms with Gasteiger partial charge >= 0.3 is 5.69 Å². The van der Waals surface area contributed by atoms with E-state index in [1.165, 1.54) is 13.0 Å². The third-order valence-corrected chi connectivity index (χ3v) is 5.30. The number of benzene rings is 2. The van der Waals surface area contributed by atoms with Crippen LogP contribution in [-0.4, -0.2) is 16.7 Å². The van der Waals surface area contributed by atoms with Gasteiger partial charge in [0.1, 0.15) is 6.61 Å². The highest BCUT2D eigenvalue weighted by atomic mass is 127. The first kappa shape index (κ1) is 23.5. The Morgan fingerprint density at radius 3 is 2.62 bits per heavy atom. The second kappa shape index (κ2) is 10.9. The van der Waals surface area contributed by atoms with Crippen molar-refractivity contribution in [3.63, 3.8) is 0 Å². The quantitative estimate of drug-likeness (QED) is 0.127. The second-order valence-corrected chi connectivity index (χ2v) is 8.17. The van der Waals surface area contributed by atoms with Gasteiger partial charge in [0.15, 0.2) is 17.2 Å². The highest BCUT2D eigenvalue weighted by molar-refractivity contribution is 14.1. The van der Waals surface area contributed by atoms with Crippen LogP contribution in [0.3, 0.4) is 0 Å². The lowest BCUT2D eigenvalue weighted by atomic mass is 10.0. The molecule has 8 heteroatoms. The van der Waals surface area contributed by atoms with Crippen LogP contribution in [0, 0.1) is 20.6 Å². The number of nitrogens with zero attached hydrogens (tertiary/aromatic N) is 2. The van der Waals surface area contributed by atoms with Gasteiger partial charge in [-0.05, 0) is 84.3 Å². The molecule has 1 aromatic heterocycles. The molecule has 0 aliphatic heterocycles. The van der Waals surface area contributed by atoms with Crippen LogP contribution in [-0.2, 0) is 13.0 Å². The van der Waals surface area contributed by atoms with Crippen LogP contribution >= 0.6 is 22.6 Å². The van der Waals surface area contributed by atoms with Crippen molar-refractivity contribution in [2.75, 3.05) is 6.61 Å². The van der Waals surface area contributed by atoms with Crippen molar-refractivity contribution in [2.45, 2.75) is 26.9 Å². The van der Waals surface area contributed by atoms with Gasteiger partial charge in [0.05, 0.1) is 11.5 Å². The molecule has 32 heavy (non-hydrogen) atoms. The monoisotopic (exact) mass is 546 g/mol. The van der Waals surface area contributed by atoms with Crippen molar-refractivity contribution in [1.82, 2.24) is 5.16 Å². The smallest absolute Gasteiger partial charge is 0.338 e. The van der Waals surface area contributed by atoms with Gasteiger partial charge in [-0.25, -0.2) is 0 Å². The van der Waals surface area contributed by atoms with E-state index in [0.29, 0.717) is 31.1 Å². The van der Waals surface area contributed by atoms with Gasteiger partial charge < -0.3 is 14.0 Å². The minimum Gasteiger partial charge on any atom is -0.490 e. The average molecular weight is 546 g/mol. The summed E-state index contributed by atoms with van der Waals surface area (Å²) >= 11 is 2.27. The summed E-state index contributed by atoms with van der Waals surface area (Å²) in [4.78, 5) is 10.8. The zero-order chi connectivity index (χ0) is 23.1. The minimum atomic E-state index is -0.498. The van der Waals surface area contributed by atoms with Crippen LogP contribution in [0.2, 0.25) is 0 Å². The first-order valence-corrected chi connectivity index (χ1v) is 11.1. The summed E-state index contributed by atoms with van der Waals surface area (Å²) in [5.74, 6) is 1.35. The molecule has 0 spiro atoms. The maximum absolute atomic E-state index is 11.3. The van der Waals surface area contributed by atoms with Gasteiger partial charge in [-0.1, -0.05) is 29.4 Å². The lowest BCUT2D eigenvalue weighted by molar-refractivity contribution is -0.386. The molecular formula is C24H23IN2O5. The molecule has 0 radical (unpaired) electrons. The predicted molar refractivity (Wildman–Crippen MR) is 132 cm³/mol. The molecule has 0 unspecified atom stereocenters. The van der Waals surface area contributed by atoms with E-state index in [1.54, 1.807) is 12.2 Å². The number of rotatable bonds is 10. The van der Waals surface area contributed by atoms with Gasteiger partial charge in [0, 0.05) is 9.13 Å². The van der Waals surface area contributed by atoms with Crippen LogP contribution in [0.4, 0.5) is 5.69 Å². The first-order valence-electron chi connectivity index (χ1n) is 9.99. The summed E-state index contributed by atoms with van der Waals surface area (Å²) in [7, 11) is 0. The number of allylic oxidation sites excluding steroid dienone is 1. The predicted octanol–water partition coefficient (Wildman–Crippen LogP) is 6.37. The molecule has 7 nitrogen and oxygen atoms in total. The Bertz CT molecular complexity index is 1140. The molecule has 0 aliphatic rings. The van der Waals surface area contributed by atoms with E-state index in [4.69, 9.17) is 14.0 Å². The number of hydrogen-bond acceptors (Lipinski definition) is 6. The lowest BCUT2D eigenvalue weighted by Gasteiger charge is -2.17. The molecule has 0 saturated carbocycles. The zero-order valence-corrected chi connectivity index (χ0v) is 20.0. The molecular weight excluding hydrogens is 523 g/mol. The van der Waals surface area contributed by atoms with E-state index < -0.39 is 4.92 Å². The SMILES string of the molecule is C=CCc1cc(/C=C/c2onc(C)c2[N+](=O)[O-])cc(OCC)c1OCc1ccc(I)cc1. The number of hydrogen-bond donors (Lipinski definition) is 0. The molecule has 0 bridgehead atoms. The van der Waals surface area contributed by atoms with Gasteiger partial charge in [-0.2, -0.15) is 0 Å². The first-order chi connectivity index (χ1) is 15.4. The Labute approximate surface area is 200 Å². The molecule has 1 heterocycles. The van der Waals surface area contributed by atoms with Gasteiger partial charge in [0.2, 0.25) is 5.76 Å². The van der Waals surface area contributed by atoms with Crippen LogP contribution in [0.1, 0.15) is 35.1 Å². The Morgan fingerprint density at radius 1 is 1.22 bits per heavy atom. The van der Waals surface area contributed by atoms with Crippen molar-refractivity contribution in [2.24, 2.45) is 0 Å². The average Bonchev–Trinajstić information content (AvgIpc) is 3.14. The maximum Gasteiger partial charge on any atom is 0.338 e. The molecule has 0 aliphatic carbocycles. The third kappa shape index (κ3) is 5.76. The van der Waals surface area contributed by atoms with Crippen molar-refractivity contribution in [3.05, 3.63) is 90.9 Å². The van der Waals surface area contributed by atoms with E-state index in [2.05, 4.69) is 34.3 Å². The lowest BCUT2D eigenvalue weighted by Crippen LogP contribution is -2.03. The normalized spacial score (nSPS) is 11.0. The minimum absolute atomic E-state index is 0.0924. The standard InChI is InChI=1S/C24H23IN2O5/c1-4-6-19-13-18(9-12-21-23(27(28)29)16(3)26-32-21)14-22(30-5-2)24(19)31-15-17-7-10-20(25)11-8-17/h4,7-14H,1,5-6,15H2,2-3H3/b12-9+. The summed E-state index contributed by atoms with van der Waals surface area (Å²) in [5.41, 5.74) is 2.83. The summed E-state index contributed by atoms with van der Waals surface area (Å²) < 4.78 is 18.3. The number of aromatic nitrogens is 1. The van der Waals surface area contributed by atoms with Gasteiger partial charge in [-0.3, -0.25) is 10.1 Å². The molecule has 3 rings (SSSR count). The summed E-state index contributed by atoms with van der Waals surface area (Å²) in [6, 6.07) is 11.9. The largest absolute Gasteiger partial charge is 0.490 e. The van der Waals surface area contributed by atoms with E-state index in [0.717, 1.165) is 20.3 Å². The van der Waals surface area contributed by atoms with E-state index >= 15 is 0 Å². The van der Waals surface area contributed by atoms with Gasteiger partial charge in [-0.15, -0.1) is 6.58 Å². The topological polar surface area (TPSA) is 87.6 Å². The van der Waals surface area contributed by atoms with Crippen molar-refractivity contribution in [1.29, 1.82) is 0 Å². The summed E-state index contributed by atoms with van der Waals surface area (Å²) in [6.45, 7) is 8.15. The van der Waals surface area contributed by atoms with Crippen LogP contribution in [0.15, 0.2) is 53.6 Å². The molecule has 0 amide bonds. The molecule has 0 saturated heterocycles. The Balaban J connectivity index is 1.94. The Kier molecular flexibility index (Phi) is 8.04. The third-order valence-electron chi connectivity index (χ3n) is 4.58. The second-order valence-electron chi connectivity index (χ2n) is 6.92. The van der Waals surface area contributed by atoms with E-state index in [9.17, 15) is 10.1 Å². The fraction of sp³-hybridized carbons (Fsp3) is 0.208. The highest BCUT2D eigenvalue weighted by Gasteiger charge is 2.22. The van der Waals surface area contributed by atoms with Crippen molar-refractivity contribution >= 4 is 40.4 Å². The fourth-order valence-electron chi connectivity index (χ4n) is 3.14. The number of halogens is 1. The number of nitro groups is 1. The van der Waals surface area contributed by atoms with E-state index in [1.807, 2.05) is 43.3 Å². The molecule has 0 atom stereocenters. The van der Waals surface area contributed by atoms with Crippen LogP contribution in [0.25, 0.3) is 12.2 Å². The Hall–Kier alpha value is -3.14. The van der Waals surface area contributed by atoms with Crippen molar-refractivity contribution < 1.29 is 18.9 Å². The van der Waals surface area contributed by atoms with Crippen LogP contribution in [0.5, 0.6) is 11.5 Å².